The summed E-state index contributed by atoms with van der Waals surface area (Å²) in [6, 6.07) is 5.50. The number of hydrogen-bond donors (Lipinski definition) is 1. The van der Waals surface area contributed by atoms with Gasteiger partial charge < -0.3 is 20.3 Å². The number of thiophene rings is 1. The number of nitrogens with zero attached hydrogens (tertiary/aromatic N) is 9. The van der Waals surface area contributed by atoms with Gasteiger partial charge in [0.15, 0.2) is 5.82 Å². The third kappa shape index (κ3) is 5.71. The molecule has 18 heteroatoms. The average Bonchev–Trinajstić information content (AvgIpc) is 3.49. The van der Waals surface area contributed by atoms with Gasteiger partial charge in [-0.3, -0.25) is 4.90 Å². The van der Waals surface area contributed by atoms with Gasteiger partial charge in [-0.2, -0.15) is 19.9 Å². The minimum absolute atomic E-state index is 0.0101. The molecule has 1 amide bonds. The molecular formula is C35H31Cl2F3N10O2S. The third-order valence-corrected chi connectivity index (χ3v) is 12.4. The van der Waals surface area contributed by atoms with E-state index in [1.165, 1.54) is 18.5 Å². The molecule has 1 unspecified atom stereocenters. The molecule has 0 bridgehead atoms. The van der Waals surface area contributed by atoms with Crippen molar-refractivity contribution in [2.45, 2.75) is 62.3 Å². The molecule has 12 nitrogen and oxygen atoms in total. The van der Waals surface area contributed by atoms with E-state index in [-0.39, 0.29) is 78.3 Å². The highest BCUT2D eigenvalue weighted by atomic mass is 35.5. The topological polar surface area (TPSA) is 142 Å². The van der Waals surface area contributed by atoms with Crippen molar-refractivity contribution in [2.24, 2.45) is 0 Å². The molecule has 3 atom stereocenters. The number of carbonyl (C=O) groups is 1. The zero-order valence-electron chi connectivity index (χ0n) is 28.0. The molecule has 4 aliphatic rings. The van der Waals surface area contributed by atoms with E-state index < -0.39 is 23.3 Å². The number of nitriles is 1. The van der Waals surface area contributed by atoms with E-state index >= 15 is 4.39 Å². The van der Waals surface area contributed by atoms with Crippen molar-refractivity contribution in [2.75, 3.05) is 43.4 Å². The first kappa shape index (κ1) is 34.3. The fourth-order valence-electron chi connectivity index (χ4n) is 8.45. The number of aromatic nitrogens is 5. The fraction of sp³-hybridized carbons (Fsp3) is 0.429. The Balaban J connectivity index is 1.14. The van der Waals surface area contributed by atoms with Gasteiger partial charge >= 0.3 is 12.0 Å². The Morgan fingerprint density at radius 3 is 2.75 bits per heavy atom. The smallest absolute Gasteiger partial charge is 0.346 e. The van der Waals surface area contributed by atoms with E-state index in [9.17, 15) is 18.8 Å². The molecule has 53 heavy (non-hydrogen) atoms. The lowest BCUT2D eigenvalue weighted by atomic mass is 9.95. The normalized spacial score (nSPS) is 22.9. The minimum atomic E-state index is -0.974. The molecule has 2 aromatic carbocycles. The maximum atomic E-state index is 17.2. The molecule has 1 saturated carbocycles. The van der Waals surface area contributed by atoms with Crippen LogP contribution in [0.5, 0.6) is 6.01 Å². The second-order valence-electron chi connectivity index (χ2n) is 14.2. The van der Waals surface area contributed by atoms with Gasteiger partial charge in [-0.05, 0) is 67.9 Å². The molecule has 6 heterocycles. The molecule has 4 fully saturated rings. The van der Waals surface area contributed by atoms with Crippen LogP contribution >= 0.6 is 34.5 Å². The number of benzene rings is 2. The van der Waals surface area contributed by atoms with Crippen molar-refractivity contribution in [3.63, 3.8) is 0 Å². The van der Waals surface area contributed by atoms with Crippen molar-refractivity contribution >= 4 is 72.4 Å². The SMILES string of the molecule is N#Cc1c(N)sc2c(F)ccc(-c3c(Cl)cc4c(N5CCC(N(C(=O)n6cnc(Cl)n6)C6CC6)C5)nc(OC[C@@]56CCCN5C[C@H](F)C6)nc4c3F)c12. The highest BCUT2D eigenvalue weighted by Gasteiger charge is 2.49. The average molecular weight is 784 g/mol. The van der Waals surface area contributed by atoms with E-state index in [1.54, 1.807) is 11.0 Å². The van der Waals surface area contributed by atoms with Crippen LogP contribution in [-0.2, 0) is 0 Å². The summed E-state index contributed by atoms with van der Waals surface area (Å²) in [6.45, 7) is 2.04. The monoisotopic (exact) mass is 782 g/mol. The number of ether oxygens (including phenoxy) is 1. The molecule has 2 N–H and O–H groups in total. The van der Waals surface area contributed by atoms with Crippen molar-refractivity contribution in [1.82, 2.24) is 34.5 Å². The summed E-state index contributed by atoms with van der Waals surface area (Å²) in [6.07, 6.45) is 4.58. The van der Waals surface area contributed by atoms with Gasteiger partial charge in [0.25, 0.3) is 0 Å². The molecule has 0 spiro atoms. The standard InChI is InChI=1S/C35H31Cl2F3N10O2S/c36-23-10-21-28(27(40)26(23)20-4-5-24(39)29-25(20)22(12-41)30(42)53-29)44-33(52-15-35-7-1-8-48(35)13-17(38)11-35)45-31(21)47-9-6-19(14-47)50(18-2-3-18)34(51)49-16-43-32(37)46-49/h4-5,10,16-19H,1-3,6-9,11,13-15,42H2/t17-,19?,35+/m1/s1. The predicted octanol–water partition coefficient (Wildman–Crippen LogP) is 6.81. The lowest BCUT2D eigenvalue weighted by Crippen LogP contribution is -2.46. The maximum Gasteiger partial charge on any atom is 0.346 e. The van der Waals surface area contributed by atoms with Crippen molar-refractivity contribution in [3.8, 4) is 23.2 Å². The van der Waals surface area contributed by atoms with Crippen LogP contribution in [0.25, 0.3) is 32.1 Å². The van der Waals surface area contributed by atoms with Crippen LogP contribution in [-0.4, -0.2) is 97.1 Å². The van der Waals surface area contributed by atoms with E-state index in [4.69, 9.17) is 38.7 Å². The van der Waals surface area contributed by atoms with E-state index in [1.807, 2.05) is 11.0 Å². The van der Waals surface area contributed by atoms with E-state index in [0.717, 1.165) is 48.2 Å². The minimum Gasteiger partial charge on any atom is -0.461 e. The Bertz CT molecular complexity index is 2370. The number of nitrogen functional groups attached to an aromatic ring is 1. The fourth-order valence-corrected chi connectivity index (χ4v) is 9.81. The van der Waals surface area contributed by atoms with Gasteiger partial charge in [0.05, 0.1) is 26.9 Å². The van der Waals surface area contributed by atoms with Crippen LogP contribution in [0.1, 0.15) is 44.1 Å². The number of carbonyl (C=O) groups excluding carboxylic acids is 1. The summed E-state index contributed by atoms with van der Waals surface area (Å²) in [5, 5.41) is 14.4. The molecular weight excluding hydrogens is 752 g/mol. The Morgan fingerprint density at radius 2 is 2.00 bits per heavy atom. The molecule has 9 rings (SSSR count). The van der Waals surface area contributed by atoms with Crippen LogP contribution in [0.4, 0.5) is 28.8 Å². The Hall–Kier alpha value is -4.43. The second kappa shape index (κ2) is 12.9. The number of nitrogens with two attached hydrogens (primary N) is 1. The van der Waals surface area contributed by atoms with Gasteiger partial charge in [0, 0.05) is 48.4 Å². The molecule has 3 saturated heterocycles. The summed E-state index contributed by atoms with van der Waals surface area (Å²) >= 11 is 13.7. The molecule has 5 aromatic rings. The molecule has 3 aliphatic heterocycles. The predicted molar refractivity (Wildman–Crippen MR) is 194 cm³/mol. The zero-order chi connectivity index (χ0) is 36.8. The molecule has 3 aromatic heterocycles. The lowest BCUT2D eigenvalue weighted by Gasteiger charge is -2.31. The van der Waals surface area contributed by atoms with Gasteiger partial charge in [0.2, 0.25) is 5.28 Å². The largest absolute Gasteiger partial charge is 0.461 e. The summed E-state index contributed by atoms with van der Waals surface area (Å²) in [5.41, 5.74) is 5.60. The summed E-state index contributed by atoms with van der Waals surface area (Å²) in [4.78, 5) is 32.7. The first-order chi connectivity index (χ1) is 25.5. The summed E-state index contributed by atoms with van der Waals surface area (Å²) < 4.78 is 54.3. The van der Waals surface area contributed by atoms with Gasteiger partial charge in [-0.15, -0.1) is 16.4 Å². The lowest BCUT2D eigenvalue weighted by molar-refractivity contribution is 0.107. The number of hydrogen-bond acceptors (Lipinski definition) is 11. The quantitative estimate of drug-likeness (QED) is 0.187. The number of alkyl halides is 1. The number of amides is 1. The molecule has 274 valence electrons. The van der Waals surface area contributed by atoms with E-state index in [0.29, 0.717) is 43.7 Å². The second-order valence-corrected chi connectivity index (χ2v) is 16.0. The van der Waals surface area contributed by atoms with Crippen LogP contribution in [0.2, 0.25) is 10.3 Å². The first-order valence-corrected chi connectivity index (χ1v) is 18.9. The highest BCUT2D eigenvalue weighted by molar-refractivity contribution is 7.23. The highest BCUT2D eigenvalue weighted by Crippen LogP contribution is 2.46. The van der Waals surface area contributed by atoms with Crippen LogP contribution in [0.15, 0.2) is 24.5 Å². The number of fused-ring (bicyclic) bond motifs is 3. The Labute approximate surface area is 314 Å². The molecule has 1 aliphatic carbocycles. The van der Waals surface area contributed by atoms with Gasteiger partial charge in [0.1, 0.15) is 47.3 Å². The maximum absolute atomic E-state index is 17.2. The number of rotatable bonds is 7. The van der Waals surface area contributed by atoms with Crippen molar-refractivity contribution in [1.29, 1.82) is 5.26 Å². The summed E-state index contributed by atoms with van der Waals surface area (Å²) in [7, 11) is 0. The number of halogens is 5. The Kier molecular flexibility index (Phi) is 8.33. The van der Waals surface area contributed by atoms with Crippen LogP contribution in [0.3, 0.4) is 0 Å². The van der Waals surface area contributed by atoms with E-state index in [2.05, 4.69) is 20.0 Å². The van der Waals surface area contributed by atoms with Gasteiger partial charge in [-0.25, -0.2) is 22.9 Å². The van der Waals surface area contributed by atoms with Crippen LogP contribution < -0.4 is 15.4 Å². The van der Waals surface area contributed by atoms with Crippen LogP contribution in [0, 0.1) is 23.0 Å². The third-order valence-electron chi connectivity index (χ3n) is 10.9. The Morgan fingerprint density at radius 1 is 1.17 bits per heavy atom. The molecule has 0 radical (unpaired) electrons. The van der Waals surface area contributed by atoms with Crippen molar-refractivity contribution in [3.05, 3.63) is 52.0 Å². The first-order valence-electron chi connectivity index (χ1n) is 17.3. The van der Waals surface area contributed by atoms with Gasteiger partial charge in [-0.1, -0.05) is 17.7 Å². The zero-order valence-corrected chi connectivity index (χ0v) is 30.4. The number of anilines is 2. The van der Waals surface area contributed by atoms with Crippen molar-refractivity contribution < 1.29 is 22.7 Å². The summed E-state index contributed by atoms with van der Waals surface area (Å²) in [5.74, 6) is -1.07.